The van der Waals surface area contributed by atoms with Gasteiger partial charge in [0.1, 0.15) is 3.70 Å². The third kappa shape index (κ3) is 2.95. The minimum Gasteiger partial charge on any atom is -0.269 e. The highest BCUT2D eigenvalue weighted by Gasteiger charge is 2.19. The third-order valence-electron chi connectivity index (χ3n) is 3.52. The van der Waals surface area contributed by atoms with Crippen molar-refractivity contribution in [2.24, 2.45) is 11.8 Å². The molecule has 2 nitrogen and oxygen atoms in total. The van der Waals surface area contributed by atoms with Crippen LogP contribution in [-0.2, 0) is 6.54 Å². The lowest BCUT2D eigenvalue weighted by Gasteiger charge is -2.26. The Hall–Kier alpha value is -0.0600. The highest BCUT2D eigenvalue weighted by molar-refractivity contribution is 14.1. The van der Waals surface area contributed by atoms with Gasteiger partial charge in [-0.25, -0.2) is 0 Å². The van der Waals surface area contributed by atoms with E-state index >= 15 is 0 Å². The predicted octanol–water partition coefficient (Wildman–Crippen LogP) is 3.62. The minimum absolute atomic E-state index is 0.857. The molecule has 0 atom stereocenters. The first-order valence-electron chi connectivity index (χ1n) is 5.85. The average Bonchev–Trinajstić information content (AvgIpc) is 2.49. The minimum atomic E-state index is 0.857. The molecule has 3 heteroatoms. The number of aromatic nitrogens is 2. The molecule has 84 valence electrons. The zero-order valence-electron chi connectivity index (χ0n) is 9.54. The van der Waals surface area contributed by atoms with Crippen molar-refractivity contribution in [2.45, 2.75) is 46.1 Å². The van der Waals surface area contributed by atoms with Crippen molar-refractivity contribution in [3.8, 4) is 0 Å². The van der Waals surface area contributed by atoms with E-state index in [0.717, 1.165) is 22.1 Å². The molecule has 2 rings (SSSR count). The molecule has 0 aliphatic heterocycles. The summed E-state index contributed by atoms with van der Waals surface area (Å²) in [6.07, 6.45) is 5.58. The first kappa shape index (κ1) is 11.4. The first-order chi connectivity index (χ1) is 7.15. The van der Waals surface area contributed by atoms with Gasteiger partial charge in [0.25, 0.3) is 0 Å². The number of aryl methyl sites for hydroxylation is 1. The Labute approximate surface area is 106 Å². The average molecular weight is 318 g/mol. The van der Waals surface area contributed by atoms with Gasteiger partial charge in [0.05, 0.1) is 0 Å². The Morgan fingerprint density at radius 2 is 2.07 bits per heavy atom. The fourth-order valence-electron chi connectivity index (χ4n) is 2.41. The molecule has 1 fully saturated rings. The van der Waals surface area contributed by atoms with Crippen molar-refractivity contribution in [1.82, 2.24) is 9.78 Å². The number of hydrogen-bond acceptors (Lipinski definition) is 1. The van der Waals surface area contributed by atoms with Crippen molar-refractivity contribution in [1.29, 1.82) is 0 Å². The van der Waals surface area contributed by atoms with Gasteiger partial charge in [-0.1, -0.05) is 19.8 Å². The van der Waals surface area contributed by atoms with Gasteiger partial charge in [-0.15, -0.1) is 0 Å². The summed E-state index contributed by atoms with van der Waals surface area (Å²) in [6, 6.07) is 2.16. The molecule has 1 heterocycles. The molecule has 0 unspecified atom stereocenters. The van der Waals surface area contributed by atoms with E-state index in [1.807, 2.05) is 0 Å². The summed E-state index contributed by atoms with van der Waals surface area (Å²) in [5.74, 6) is 1.80. The van der Waals surface area contributed by atoms with Crippen LogP contribution >= 0.6 is 22.6 Å². The maximum absolute atomic E-state index is 4.53. The van der Waals surface area contributed by atoms with Crippen LogP contribution < -0.4 is 0 Å². The number of hydrogen-bond donors (Lipinski definition) is 0. The van der Waals surface area contributed by atoms with Gasteiger partial charge in [0.15, 0.2) is 0 Å². The molecule has 1 aliphatic rings. The molecule has 0 saturated heterocycles. The summed E-state index contributed by atoms with van der Waals surface area (Å²) in [5, 5.41) is 4.53. The summed E-state index contributed by atoms with van der Waals surface area (Å²) >= 11 is 2.29. The van der Waals surface area contributed by atoms with Crippen molar-refractivity contribution >= 4 is 22.6 Å². The summed E-state index contributed by atoms with van der Waals surface area (Å²) in [6.45, 7) is 5.65. The van der Waals surface area contributed by atoms with Crippen LogP contribution in [0.2, 0.25) is 0 Å². The van der Waals surface area contributed by atoms with E-state index in [9.17, 15) is 0 Å². The summed E-state index contributed by atoms with van der Waals surface area (Å²) < 4.78 is 3.30. The van der Waals surface area contributed by atoms with Crippen LogP contribution in [-0.4, -0.2) is 9.78 Å². The lowest BCUT2D eigenvalue weighted by atomic mass is 9.83. The van der Waals surface area contributed by atoms with Crippen LogP contribution in [0.25, 0.3) is 0 Å². The molecule has 1 aliphatic carbocycles. The zero-order chi connectivity index (χ0) is 10.8. The van der Waals surface area contributed by atoms with Gasteiger partial charge in [0, 0.05) is 12.2 Å². The molecule has 0 amide bonds. The second kappa shape index (κ2) is 4.85. The molecular formula is C12H19IN2. The first-order valence-corrected chi connectivity index (χ1v) is 6.93. The number of halogens is 1. The third-order valence-corrected chi connectivity index (χ3v) is 4.05. The Kier molecular flexibility index (Phi) is 3.69. The second-order valence-corrected chi connectivity index (χ2v) is 6.02. The van der Waals surface area contributed by atoms with E-state index in [2.05, 4.69) is 52.3 Å². The number of rotatable bonds is 2. The van der Waals surface area contributed by atoms with Crippen LogP contribution in [0.15, 0.2) is 6.07 Å². The second-order valence-electron chi connectivity index (χ2n) is 4.92. The van der Waals surface area contributed by atoms with Gasteiger partial charge < -0.3 is 0 Å². The molecule has 0 bridgehead atoms. The van der Waals surface area contributed by atoms with Crippen molar-refractivity contribution in [3.05, 3.63) is 15.5 Å². The fraction of sp³-hybridized carbons (Fsp3) is 0.750. The monoisotopic (exact) mass is 318 g/mol. The summed E-state index contributed by atoms with van der Waals surface area (Å²) in [5.41, 5.74) is 1.30. The van der Waals surface area contributed by atoms with E-state index in [1.165, 1.54) is 31.4 Å². The van der Waals surface area contributed by atoms with Crippen molar-refractivity contribution in [3.63, 3.8) is 0 Å². The van der Waals surface area contributed by atoms with Crippen LogP contribution in [0.1, 0.15) is 38.3 Å². The summed E-state index contributed by atoms with van der Waals surface area (Å²) in [7, 11) is 0. The Morgan fingerprint density at radius 3 is 2.60 bits per heavy atom. The van der Waals surface area contributed by atoms with E-state index in [0.29, 0.717) is 0 Å². The van der Waals surface area contributed by atoms with Crippen LogP contribution in [0.4, 0.5) is 0 Å². The fourth-order valence-corrected chi connectivity index (χ4v) is 3.12. The molecule has 1 aromatic heterocycles. The quantitative estimate of drug-likeness (QED) is 0.762. The SMILES string of the molecule is Cc1cc(I)nn1CC1CCC(C)CC1. The van der Waals surface area contributed by atoms with Gasteiger partial charge in [-0.05, 0) is 60.3 Å². The largest absolute Gasteiger partial charge is 0.269 e. The Bertz CT molecular complexity index is 324. The van der Waals surface area contributed by atoms with Gasteiger partial charge in [-0.3, -0.25) is 4.68 Å². The maximum Gasteiger partial charge on any atom is 0.123 e. The van der Waals surface area contributed by atoms with E-state index < -0.39 is 0 Å². The standard InChI is InChI=1S/C12H19IN2/c1-9-3-5-11(6-4-9)8-15-10(2)7-12(13)14-15/h7,9,11H,3-6,8H2,1-2H3. The molecule has 15 heavy (non-hydrogen) atoms. The lowest BCUT2D eigenvalue weighted by molar-refractivity contribution is 0.256. The molecule has 0 radical (unpaired) electrons. The highest BCUT2D eigenvalue weighted by atomic mass is 127. The van der Waals surface area contributed by atoms with Crippen molar-refractivity contribution < 1.29 is 0 Å². The van der Waals surface area contributed by atoms with E-state index in [1.54, 1.807) is 0 Å². The highest BCUT2D eigenvalue weighted by Crippen LogP contribution is 2.29. The predicted molar refractivity (Wildman–Crippen MR) is 70.8 cm³/mol. The molecule has 0 aromatic carbocycles. The summed E-state index contributed by atoms with van der Waals surface area (Å²) in [4.78, 5) is 0. The molecule has 0 spiro atoms. The van der Waals surface area contributed by atoms with Gasteiger partial charge in [0.2, 0.25) is 0 Å². The normalized spacial score (nSPS) is 26.9. The maximum atomic E-state index is 4.53. The molecular weight excluding hydrogens is 299 g/mol. The Morgan fingerprint density at radius 1 is 1.40 bits per heavy atom. The molecule has 0 N–H and O–H groups in total. The number of nitrogens with zero attached hydrogens (tertiary/aromatic N) is 2. The zero-order valence-corrected chi connectivity index (χ0v) is 11.7. The van der Waals surface area contributed by atoms with Gasteiger partial charge >= 0.3 is 0 Å². The van der Waals surface area contributed by atoms with Crippen LogP contribution in [0.3, 0.4) is 0 Å². The van der Waals surface area contributed by atoms with Crippen molar-refractivity contribution in [2.75, 3.05) is 0 Å². The Balaban J connectivity index is 1.94. The molecule has 1 saturated carbocycles. The van der Waals surface area contributed by atoms with E-state index in [4.69, 9.17) is 0 Å². The smallest absolute Gasteiger partial charge is 0.123 e. The lowest BCUT2D eigenvalue weighted by Crippen LogP contribution is -2.19. The van der Waals surface area contributed by atoms with Gasteiger partial charge in [-0.2, -0.15) is 5.10 Å². The van der Waals surface area contributed by atoms with Crippen LogP contribution in [0, 0.1) is 22.5 Å². The van der Waals surface area contributed by atoms with E-state index in [-0.39, 0.29) is 0 Å². The van der Waals surface area contributed by atoms with Crippen LogP contribution in [0.5, 0.6) is 0 Å². The molecule has 1 aromatic rings. The topological polar surface area (TPSA) is 17.8 Å².